The molecule has 0 radical (unpaired) electrons. The highest BCUT2D eigenvalue weighted by Crippen LogP contribution is 2.26. The molecule has 0 amide bonds. The second-order valence-electron chi connectivity index (χ2n) is 4.86. The summed E-state index contributed by atoms with van der Waals surface area (Å²) in [6.07, 6.45) is 1.49. The number of nitrogens with one attached hydrogen (secondary N) is 2. The fourth-order valence-corrected chi connectivity index (χ4v) is 4.38. The average Bonchev–Trinajstić information content (AvgIpc) is 3.07. The van der Waals surface area contributed by atoms with Crippen LogP contribution in [-0.2, 0) is 10.0 Å². The SMILES string of the molecule is CC(NS(=O)(=O)c1c[nH]c2ccc(N)cc12)c1ccsc1. The highest BCUT2D eigenvalue weighted by Gasteiger charge is 2.22. The van der Waals surface area contributed by atoms with E-state index in [1.165, 1.54) is 17.5 Å². The van der Waals surface area contributed by atoms with Gasteiger partial charge in [0.05, 0.1) is 0 Å². The Kier molecular flexibility index (Phi) is 3.48. The Bertz CT molecular complexity index is 867. The van der Waals surface area contributed by atoms with Gasteiger partial charge in [-0.1, -0.05) is 0 Å². The molecule has 1 unspecified atom stereocenters. The molecule has 1 aromatic carbocycles. The Morgan fingerprint density at radius 1 is 1.33 bits per heavy atom. The van der Waals surface area contributed by atoms with Crippen LogP contribution >= 0.6 is 11.3 Å². The summed E-state index contributed by atoms with van der Waals surface area (Å²) in [5.41, 5.74) is 7.97. The summed E-state index contributed by atoms with van der Waals surface area (Å²) in [6, 6.07) is 6.79. The zero-order valence-electron chi connectivity index (χ0n) is 11.3. The standard InChI is InChI=1S/C14H15N3O2S2/c1-9(10-4-5-20-8-10)17-21(18,19)14-7-16-13-3-2-11(15)6-12(13)14/h2-9,16-17H,15H2,1H3. The molecular formula is C14H15N3O2S2. The molecule has 0 saturated carbocycles. The third kappa shape index (κ3) is 2.67. The van der Waals surface area contributed by atoms with Crippen molar-refractivity contribution in [1.29, 1.82) is 0 Å². The molecule has 0 aliphatic carbocycles. The fourth-order valence-electron chi connectivity index (χ4n) is 2.22. The van der Waals surface area contributed by atoms with Crippen molar-refractivity contribution in [3.63, 3.8) is 0 Å². The number of thiophene rings is 1. The number of hydrogen-bond acceptors (Lipinski definition) is 4. The molecule has 110 valence electrons. The number of rotatable bonds is 4. The van der Waals surface area contributed by atoms with Gasteiger partial charge in [-0.15, -0.1) is 0 Å². The first-order valence-corrected chi connectivity index (χ1v) is 8.81. The fraction of sp³-hybridized carbons (Fsp3) is 0.143. The summed E-state index contributed by atoms with van der Waals surface area (Å²) < 4.78 is 27.8. The molecule has 1 atom stereocenters. The van der Waals surface area contributed by atoms with E-state index in [0.29, 0.717) is 11.1 Å². The molecular weight excluding hydrogens is 306 g/mol. The zero-order valence-corrected chi connectivity index (χ0v) is 13.0. The van der Waals surface area contributed by atoms with Crippen molar-refractivity contribution in [2.75, 3.05) is 5.73 Å². The molecule has 0 saturated heterocycles. The molecule has 0 aliphatic rings. The summed E-state index contributed by atoms with van der Waals surface area (Å²) in [4.78, 5) is 3.17. The second kappa shape index (κ2) is 5.18. The number of H-pyrrole nitrogens is 1. The van der Waals surface area contributed by atoms with Crippen molar-refractivity contribution in [3.05, 3.63) is 46.8 Å². The lowest BCUT2D eigenvalue weighted by Gasteiger charge is -2.12. The van der Waals surface area contributed by atoms with Crippen molar-refractivity contribution < 1.29 is 8.42 Å². The van der Waals surface area contributed by atoms with Crippen molar-refractivity contribution in [1.82, 2.24) is 9.71 Å². The van der Waals surface area contributed by atoms with Gasteiger partial charge in [0.15, 0.2) is 0 Å². The Morgan fingerprint density at radius 3 is 2.86 bits per heavy atom. The molecule has 5 nitrogen and oxygen atoms in total. The topological polar surface area (TPSA) is 88.0 Å². The van der Waals surface area contributed by atoms with Crippen LogP contribution in [0.25, 0.3) is 10.9 Å². The van der Waals surface area contributed by atoms with E-state index in [9.17, 15) is 8.42 Å². The smallest absolute Gasteiger partial charge is 0.243 e. The first-order valence-electron chi connectivity index (χ1n) is 6.38. The van der Waals surface area contributed by atoms with E-state index in [1.807, 2.05) is 23.8 Å². The maximum absolute atomic E-state index is 12.6. The van der Waals surface area contributed by atoms with Crippen molar-refractivity contribution in [2.45, 2.75) is 17.9 Å². The molecule has 0 bridgehead atoms. The molecule has 3 rings (SSSR count). The molecule has 2 heterocycles. The Morgan fingerprint density at radius 2 is 2.14 bits per heavy atom. The highest BCUT2D eigenvalue weighted by molar-refractivity contribution is 7.89. The quantitative estimate of drug-likeness (QED) is 0.646. The predicted molar refractivity (Wildman–Crippen MR) is 85.8 cm³/mol. The van der Waals surface area contributed by atoms with E-state index in [1.54, 1.807) is 18.2 Å². The number of aromatic amines is 1. The van der Waals surface area contributed by atoms with Crippen LogP contribution in [0.5, 0.6) is 0 Å². The van der Waals surface area contributed by atoms with Crippen LogP contribution in [0.15, 0.2) is 46.1 Å². The largest absolute Gasteiger partial charge is 0.399 e. The molecule has 21 heavy (non-hydrogen) atoms. The number of hydrogen-bond donors (Lipinski definition) is 3. The Balaban J connectivity index is 1.98. The molecule has 0 aliphatic heterocycles. The summed E-state index contributed by atoms with van der Waals surface area (Å²) in [5.74, 6) is 0. The van der Waals surface area contributed by atoms with E-state index >= 15 is 0 Å². The summed E-state index contributed by atoms with van der Waals surface area (Å²) in [6.45, 7) is 1.82. The van der Waals surface area contributed by atoms with Gasteiger partial charge < -0.3 is 10.7 Å². The summed E-state index contributed by atoms with van der Waals surface area (Å²) in [7, 11) is -3.62. The van der Waals surface area contributed by atoms with Gasteiger partial charge in [-0.2, -0.15) is 11.3 Å². The van der Waals surface area contributed by atoms with Crippen LogP contribution < -0.4 is 10.5 Å². The molecule has 4 N–H and O–H groups in total. The van der Waals surface area contributed by atoms with Crippen molar-refractivity contribution in [3.8, 4) is 0 Å². The molecule has 0 fully saturated rings. The predicted octanol–water partition coefficient (Wildman–Crippen LogP) is 2.85. The molecule has 2 aromatic heterocycles. The van der Waals surface area contributed by atoms with Crippen LogP contribution in [0.3, 0.4) is 0 Å². The average molecular weight is 321 g/mol. The number of fused-ring (bicyclic) bond motifs is 1. The van der Waals surface area contributed by atoms with Crippen LogP contribution in [0.4, 0.5) is 5.69 Å². The first kappa shape index (κ1) is 14.1. The van der Waals surface area contributed by atoms with Gasteiger partial charge >= 0.3 is 0 Å². The first-order chi connectivity index (χ1) is 9.97. The van der Waals surface area contributed by atoms with Crippen molar-refractivity contribution >= 4 is 38.0 Å². The molecule has 0 spiro atoms. The number of benzene rings is 1. The normalized spacial score (nSPS) is 13.6. The number of nitrogen functional groups attached to an aromatic ring is 1. The number of anilines is 1. The van der Waals surface area contributed by atoms with Crippen LogP contribution in [0, 0.1) is 0 Å². The van der Waals surface area contributed by atoms with Crippen LogP contribution in [-0.4, -0.2) is 13.4 Å². The number of aromatic nitrogens is 1. The minimum atomic E-state index is -3.62. The lowest BCUT2D eigenvalue weighted by molar-refractivity contribution is 0.568. The van der Waals surface area contributed by atoms with E-state index in [4.69, 9.17) is 5.73 Å². The van der Waals surface area contributed by atoms with Gasteiger partial charge in [0.2, 0.25) is 10.0 Å². The Labute approximate surface area is 126 Å². The van der Waals surface area contributed by atoms with E-state index in [-0.39, 0.29) is 10.9 Å². The lowest BCUT2D eigenvalue weighted by atomic mass is 10.2. The van der Waals surface area contributed by atoms with Gasteiger partial charge in [0, 0.05) is 28.8 Å². The maximum atomic E-state index is 12.6. The summed E-state index contributed by atoms with van der Waals surface area (Å²) >= 11 is 1.54. The third-order valence-electron chi connectivity index (χ3n) is 3.33. The van der Waals surface area contributed by atoms with E-state index in [0.717, 1.165) is 11.1 Å². The Hall–Kier alpha value is -1.83. The molecule has 3 aromatic rings. The second-order valence-corrected chi connectivity index (χ2v) is 7.32. The summed E-state index contributed by atoms with van der Waals surface area (Å²) in [5, 5.41) is 4.45. The minimum absolute atomic E-state index is 0.215. The van der Waals surface area contributed by atoms with Gasteiger partial charge in [0.1, 0.15) is 4.90 Å². The third-order valence-corrected chi connectivity index (χ3v) is 5.61. The van der Waals surface area contributed by atoms with Gasteiger partial charge in [-0.3, -0.25) is 0 Å². The van der Waals surface area contributed by atoms with Crippen LogP contribution in [0.1, 0.15) is 18.5 Å². The van der Waals surface area contributed by atoms with Gasteiger partial charge in [0.25, 0.3) is 0 Å². The van der Waals surface area contributed by atoms with Gasteiger partial charge in [-0.05, 0) is 47.5 Å². The lowest BCUT2D eigenvalue weighted by Crippen LogP contribution is -2.26. The van der Waals surface area contributed by atoms with E-state index in [2.05, 4.69) is 9.71 Å². The number of sulfonamides is 1. The number of nitrogens with two attached hydrogens (primary N) is 1. The highest BCUT2D eigenvalue weighted by atomic mass is 32.2. The zero-order chi connectivity index (χ0) is 15.0. The molecule has 7 heteroatoms. The van der Waals surface area contributed by atoms with Crippen LogP contribution in [0.2, 0.25) is 0 Å². The van der Waals surface area contributed by atoms with E-state index < -0.39 is 10.0 Å². The van der Waals surface area contributed by atoms with Crippen molar-refractivity contribution in [2.24, 2.45) is 0 Å². The maximum Gasteiger partial charge on any atom is 0.243 e. The minimum Gasteiger partial charge on any atom is -0.399 e. The monoisotopic (exact) mass is 321 g/mol. The van der Waals surface area contributed by atoms with Gasteiger partial charge in [-0.25, -0.2) is 13.1 Å².